The Morgan fingerprint density at radius 1 is 1.27 bits per heavy atom. The molecule has 0 saturated heterocycles. The number of carbonyl (C=O) groups is 1. The average molecular weight is 319 g/mol. The molecule has 0 spiro atoms. The predicted molar refractivity (Wildman–Crippen MR) is 87.9 cm³/mol. The molecule has 1 atom stereocenters. The predicted octanol–water partition coefficient (Wildman–Crippen LogP) is 4.46. The summed E-state index contributed by atoms with van der Waals surface area (Å²) >= 11 is 6.15. The molecule has 2 rings (SSSR count). The molecule has 0 aromatic heterocycles. The van der Waals surface area contributed by atoms with E-state index in [0.717, 1.165) is 22.4 Å². The molecule has 116 valence electrons. The molecule has 22 heavy (non-hydrogen) atoms. The summed E-state index contributed by atoms with van der Waals surface area (Å²) in [7, 11) is 0. The van der Waals surface area contributed by atoms with Gasteiger partial charge in [0.2, 0.25) is 0 Å². The Morgan fingerprint density at radius 3 is 2.59 bits per heavy atom. The molecule has 2 aromatic carbocycles. The number of hydrogen-bond donors (Lipinski definition) is 1. The van der Waals surface area contributed by atoms with E-state index < -0.39 is 11.9 Å². The molecule has 2 aromatic rings. The maximum atomic E-state index is 11.7. The molecule has 4 heteroatoms. The van der Waals surface area contributed by atoms with E-state index in [9.17, 15) is 9.90 Å². The third-order valence-corrected chi connectivity index (χ3v) is 3.95. The highest BCUT2D eigenvalue weighted by atomic mass is 35.5. The number of rotatable bonds is 6. The SMILES string of the molecule is CCOc1ccc(C(Cc2ccccc2Cl)C(=O)O)cc1C. The highest BCUT2D eigenvalue weighted by Gasteiger charge is 2.22. The van der Waals surface area contributed by atoms with Gasteiger partial charge in [-0.05, 0) is 49.1 Å². The van der Waals surface area contributed by atoms with Gasteiger partial charge in [-0.2, -0.15) is 0 Å². The maximum absolute atomic E-state index is 11.7. The van der Waals surface area contributed by atoms with Crippen LogP contribution in [0.5, 0.6) is 5.75 Å². The van der Waals surface area contributed by atoms with E-state index in [2.05, 4.69) is 0 Å². The van der Waals surface area contributed by atoms with E-state index in [1.54, 1.807) is 6.07 Å². The van der Waals surface area contributed by atoms with Gasteiger partial charge in [0.1, 0.15) is 5.75 Å². The minimum absolute atomic E-state index is 0.364. The second-order valence-electron chi connectivity index (χ2n) is 5.14. The van der Waals surface area contributed by atoms with E-state index >= 15 is 0 Å². The number of aliphatic carboxylic acids is 1. The third kappa shape index (κ3) is 3.80. The largest absolute Gasteiger partial charge is 0.494 e. The number of carboxylic acids is 1. The van der Waals surface area contributed by atoms with Crippen molar-refractivity contribution < 1.29 is 14.6 Å². The minimum Gasteiger partial charge on any atom is -0.494 e. The van der Waals surface area contributed by atoms with Crippen LogP contribution in [0.2, 0.25) is 5.02 Å². The Balaban J connectivity index is 2.31. The summed E-state index contributed by atoms with van der Waals surface area (Å²) in [5.74, 6) is -0.703. The summed E-state index contributed by atoms with van der Waals surface area (Å²) in [4.78, 5) is 11.7. The lowest BCUT2D eigenvalue weighted by atomic mass is 9.91. The molecular formula is C18H19ClO3. The first-order chi connectivity index (χ1) is 10.5. The Bertz CT molecular complexity index is 667. The lowest BCUT2D eigenvalue weighted by Gasteiger charge is -2.16. The van der Waals surface area contributed by atoms with Crippen LogP contribution in [0.4, 0.5) is 0 Å². The van der Waals surface area contributed by atoms with Crippen molar-refractivity contribution in [1.82, 2.24) is 0 Å². The zero-order chi connectivity index (χ0) is 16.1. The van der Waals surface area contributed by atoms with Crippen LogP contribution in [0.15, 0.2) is 42.5 Å². The lowest BCUT2D eigenvalue weighted by Crippen LogP contribution is -2.15. The van der Waals surface area contributed by atoms with Crippen molar-refractivity contribution in [2.45, 2.75) is 26.2 Å². The van der Waals surface area contributed by atoms with E-state index in [1.165, 1.54) is 0 Å². The maximum Gasteiger partial charge on any atom is 0.311 e. The first kappa shape index (κ1) is 16.4. The fourth-order valence-electron chi connectivity index (χ4n) is 2.44. The smallest absolute Gasteiger partial charge is 0.311 e. The Kier molecular flexibility index (Phi) is 5.45. The van der Waals surface area contributed by atoms with Crippen LogP contribution in [-0.4, -0.2) is 17.7 Å². The van der Waals surface area contributed by atoms with Gasteiger partial charge in [0.05, 0.1) is 12.5 Å². The van der Waals surface area contributed by atoms with E-state index in [1.807, 2.05) is 50.2 Å². The first-order valence-electron chi connectivity index (χ1n) is 7.22. The number of ether oxygens (including phenoxy) is 1. The number of carboxylic acid groups (broad SMARTS) is 1. The molecule has 0 bridgehead atoms. The molecule has 0 radical (unpaired) electrons. The van der Waals surface area contributed by atoms with Gasteiger partial charge in [0.25, 0.3) is 0 Å². The normalized spacial score (nSPS) is 12.0. The van der Waals surface area contributed by atoms with Crippen molar-refractivity contribution in [3.05, 3.63) is 64.2 Å². The fraction of sp³-hybridized carbons (Fsp3) is 0.278. The standard InChI is InChI=1S/C18H19ClO3/c1-3-22-17-9-8-13(10-12(17)2)15(18(20)21)11-14-6-4-5-7-16(14)19/h4-10,15H,3,11H2,1-2H3,(H,20,21). The molecule has 3 nitrogen and oxygen atoms in total. The minimum atomic E-state index is -0.858. The number of hydrogen-bond acceptors (Lipinski definition) is 2. The van der Waals surface area contributed by atoms with E-state index in [4.69, 9.17) is 16.3 Å². The molecular weight excluding hydrogens is 300 g/mol. The molecule has 0 fully saturated rings. The van der Waals surface area contributed by atoms with Gasteiger partial charge in [0.15, 0.2) is 0 Å². The molecule has 0 saturated carbocycles. The Labute approximate surface area is 135 Å². The van der Waals surface area contributed by atoms with Crippen LogP contribution in [0.1, 0.15) is 29.5 Å². The van der Waals surface area contributed by atoms with Gasteiger partial charge < -0.3 is 9.84 Å². The van der Waals surface area contributed by atoms with Gasteiger partial charge in [-0.25, -0.2) is 0 Å². The van der Waals surface area contributed by atoms with Gasteiger partial charge in [-0.3, -0.25) is 4.79 Å². The number of halogens is 1. The van der Waals surface area contributed by atoms with E-state index in [0.29, 0.717) is 18.1 Å². The highest BCUT2D eigenvalue weighted by molar-refractivity contribution is 6.31. The summed E-state index contributed by atoms with van der Waals surface area (Å²) in [5.41, 5.74) is 2.53. The van der Waals surface area contributed by atoms with Crippen molar-refractivity contribution in [2.24, 2.45) is 0 Å². The molecule has 0 aliphatic heterocycles. The fourth-order valence-corrected chi connectivity index (χ4v) is 2.65. The molecule has 1 N–H and O–H groups in total. The highest BCUT2D eigenvalue weighted by Crippen LogP contribution is 2.28. The lowest BCUT2D eigenvalue weighted by molar-refractivity contribution is -0.138. The van der Waals surface area contributed by atoms with Crippen LogP contribution >= 0.6 is 11.6 Å². The van der Waals surface area contributed by atoms with Crippen LogP contribution in [0.3, 0.4) is 0 Å². The third-order valence-electron chi connectivity index (χ3n) is 3.58. The zero-order valence-electron chi connectivity index (χ0n) is 12.7. The van der Waals surface area contributed by atoms with Gasteiger partial charge in [-0.15, -0.1) is 0 Å². The van der Waals surface area contributed by atoms with Crippen LogP contribution in [0, 0.1) is 6.92 Å². The molecule has 0 heterocycles. The number of benzene rings is 2. The second-order valence-corrected chi connectivity index (χ2v) is 5.55. The summed E-state index contributed by atoms with van der Waals surface area (Å²) in [6.45, 7) is 4.43. The zero-order valence-corrected chi connectivity index (χ0v) is 13.4. The van der Waals surface area contributed by atoms with Gasteiger partial charge in [-0.1, -0.05) is 41.9 Å². The van der Waals surface area contributed by atoms with Crippen molar-refractivity contribution in [3.63, 3.8) is 0 Å². The summed E-state index contributed by atoms with van der Waals surface area (Å²) in [6, 6.07) is 12.9. The van der Waals surface area contributed by atoms with Crippen molar-refractivity contribution in [3.8, 4) is 5.75 Å². The van der Waals surface area contributed by atoms with Crippen molar-refractivity contribution in [1.29, 1.82) is 0 Å². The van der Waals surface area contributed by atoms with Crippen LogP contribution in [-0.2, 0) is 11.2 Å². The second kappa shape index (κ2) is 7.32. The molecule has 0 aliphatic rings. The van der Waals surface area contributed by atoms with Crippen LogP contribution < -0.4 is 4.74 Å². The first-order valence-corrected chi connectivity index (χ1v) is 7.60. The monoisotopic (exact) mass is 318 g/mol. The van der Waals surface area contributed by atoms with Crippen molar-refractivity contribution in [2.75, 3.05) is 6.61 Å². The number of aryl methyl sites for hydroxylation is 1. The van der Waals surface area contributed by atoms with Crippen LogP contribution in [0.25, 0.3) is 0 Å². The quantitative estimate of drug-likeness (QED) is 0.855. The van der Waals surface area contributed by atoms with Crippen molar-refractivity contribution >= 4 is 17.6 Å². The molecule has 1 unspecified atom stereocenters. The van der Waals surface area contributed by atoms with Gasteiger partial charge >= 0.3 is 5.97 Å². The summed E-state index contributed by atoms with van der Waals surface area (Å²) in [6.07, 6.45) is 0.364. The molecule has 0 aliphatic carbocycles. The average Bonchev–Trinajstić information content (AvgIpc) is 2.48. The Morgan fingerprint density at radius 2 is 2.00 bits per heavy atom. The topological polar surface area (TPSA) is 46.5 Å². The Hall–Kier alpha value is -2.00. The molecule has 0 amide bonds. The summed E-state index contributed by atoms with van der Waals surface area (Å²) < 4.78 is 5.50. The van der Waals surface area contributed by atoms with E-state index in [-0.39, 0.29) is 0 Å². The van der Waals surface area contributed by atoms with Gasteiger partial charge in [0, 0.05) is 5.02 Å². The summed E-state index contributed by atoms with van der Waals surface area (Å²) in [5, 5.41) is 10.2.